The quantitative estimate of drug-likeness (QED) is 0.408. The van der Waals surface area contributed by atoms with E-state index < -0.39 is 17.3 Å². The molecule has 1 unspecified atom stereocenters. The monoisotopic (exact) mass is 483 g/mol. The van der Waals surface area contributed by atoms with Crippen molar-refractivity contribution in [3.05, 3.63) is 90.7 Å². The van der Waals surface area contributed by atoms with Crippen molar-refractivity contribution < 1.29 is 4.74 Å². The van der Waals surface area contributed by atoms with Crippen LogP contribution in [0.1, 0.15) is 31.2 Å². The third kappa shape index (κ3) is 3.20. The normalized spacial score (nSPS) is 17.3. The summed E-state index contributed by atoms with van der Waals surface area (Å²) in [5.41, 5.74) is 2.29. The number of aromatic nitrogens is 3. The predicted octanol–water partition coefficient (Wildman–Crippen LogP) is 4.87. The molecule has 2 aromatic heterocycles. The molecule has 33 heavy (non-hydrogen) atoms. The van der Waals surface area contributed by atoms with E-state index in [0.717, 1.165) is 15.8 Å². The molecule has 0 fully saturated rings. The summed E-state index contributed by atoms with van der Waals surface area (Å²) in [6.07, 6.45) is -0.459. The van der Waals surface area contributed by atoms with Gasteiger partial charge in [0, 0.05) is 24.7 Å². The molecule has 170 valence electrons. The van der Waals surface area contributed by atoms with Gasteiger partial charge in [-0.15, -0.1) is 0 Å². The van der Waals surface area contributed by atoms with Gasteiger partial charge in [-0.05, 0) is 37.6 Å². The van der Waals surface area contributed by atoms with Crippen LogP contribution in [0.15, 0.2) is 58.1 Å². The summed E-state index contributed by atoms with van der Waals surface area (Å²) in [6.45, 7) is 4.51. The van der Waals surface area contributed by atoms with E-state index in [1.54, 1.807) is 19.2 Å². The molecule has 0 saturated carbocycles. The Hall–Kier alpha value is -2.80. The minimum atomic E-state index is -0.515. The van der Waals surface area contributed by atoms with Gasteiger partial charge in [-0.25, -0.2) is 4.79 Å². The number of nitrogens with zero attached hydrogens (tertiary/aromatic N) is 3. The molecule has 0 radical (unpaired) electrons. The number of aryl methyl sites for hydroxylation is 1. The number of halogens is 2. The highest BCUT2D eigenvalue weighted by Gasteiger charge is 2.41. The standard InChI is InChI=1S/C25H23Cl2N3O3/c1-25(2)13-33-22(14-8-6-5-7-9-14)21-20-18(23(31)29(4)24(32)28(20)3)19(30(21)25)16-11-10-15(26)12-17(16)27/h5-12,22H,13H2,1-4H3. The van der Waals surface area contributed by atoms with Crippen LogP contribution in [0.25, 0.3) is 22.2 Å². The van der Waals surface area contributed by atoms with Gasteiger partial charge in [-0.3, -0.25) is 13.9 Å². The van der Waals surface area contributed by atoms with E-state index in [1.807, 2.05) is 50.2 Å². The van der Waals surface area contributed by atoms with Crippen LogP contribution in [0.4, 0.5) is 0 Å². The highest BCUT2D eigenvalue weighted by Crippen LogP contribution is 2.46. The van der Waals surface area contributed by atoms with Crippen molar-refractivity contribution in [2.45, 2.75) is 25.5 Å². The molecule has 4 aromatic rings. The Morgan fingerprint density at radius 1 is 1.00 bits per heavy atom. The van der Waals surface area contributed by atoms with Crippen molar-refractivity contribution in [2.24, 2.45) is 14.1 Å². The average molecular weight is 484 g/mol. The Morgan fingerprint density at radius 2 is 1.70 bits per heavy atom. The van der Waals surface area contributed by atoms with Crippen molar-refractivity contribution in [2.75, 3.05) is 6.61 Å². The second kappa shape index (κ2) is 7.62. The van der Waals surface area contributed by atoms with Crippen LogP contribution in [-0.2, 0) is 24.4 Å². The van der Waals surface area contributed by atoms with Crippen LogP contribution >= 0.6 is 23.2 Å². The second-order valence-electron chi connectivity index (χ2n) is 9.04. The van der Waals surface area contributed by atoms with Gasteiger partial charge in [-0.1, -0.05) is 53.5 Å². The maximum absolute atomic E-state index is 13.6. The Labute approximate surface area is 200 Å². The molecule has 5 rings (SSSR count). The van der Waals surface area contributed by atoms with Gasteiger partial charge in [0.25, 0.3) is 5.56 Å². The smallest absolute Gasteiger partial charge is 0.331 e. The Morgan fingerprint density at radius 3 is 2.36 bits per heavy atom. The summed E-state index contributed by atoms with van der Waals surface area (Å²) in [7, 11) is 3.17. The average Bonchev–Trinajstić information content (AvgIpc) is 3.14. The van der Waals surface area contributed by atoms with Crippen LogP contribution in [0.5, 0.6) is 0 Å². The van der Waals surface area contributed by atoms with E-state index >= 15 is 0 Å². The van der Waals surface area contributed by atoms with Crippen LogP contribution in [0.2, 0.25) is 10.0 Å². The molecule has 3 heterocycles. The minimum Gasteiger partial charge on any atom is -0.365 e. The minimum absolute atomic E-state index is 0.376. The number of benzene rings is 2. The molecule has 1 aliphatic heterocycles. The highest BCUT2D eigenvalue weighted by atomic mass is 35.5. The summed E-state index contributed by atoms with van der Waals surface area (Å²) in [5, 5.41) is 1.36. The van der Waals surface area contributed by atoms with E-state index in [2.05, 4.69) is 4.57 Å². The maximum atomic E-state index is 13.6. The fourth-order valence-electron chi connectivity index (χ4n) is 4.82. The zero-order chi connectivity index (χ0) is 23.7. The van der Waals surface area contributed by atoms with Crippen molar-refractivity contribution in [3.8, 4) is 11.3 Å². The van der Waals surface area contributed by atoms with E-state index in [-0.39, 0.29) is 5.56 Å². The van der Waals surface area contributed by atoms with E-state index in [1.165, 1.54) is 11.6 Å². The summed E-state index contributed by atoms with van der Waals surface area (Å²) in [5.74, 6) is 0. The Balaban J connectivity index is 2.04. The van der Waals surface area contributed by atoms with Gasteiger partial charge in [0.2, 0.25) is 0 Å². The highest BCUT2D eigenvalue weighted by molar-refractivity contribution is 6.36. The van der Waals surface area contributed by atoms with Crippen molar-refractivity contribution >= 4 is 34.1 Å². The summed E-state index contributed by atoms with van der Waals surface area (Å²) in [6, 6.07) is 15.0. The molecule has 0 amide bonds. The number of rotatable bonds is 2. The lowest BCUT2D eigenvalue weighted by Crippen LogP contribution is -2.40. The number of hydrogen-bond donors (Lipinski definition) is 0. The number of hydrogen-bond acceptors (Lipinski definition) is 3. The zero-order valence-electron chi connectivity index (χ0n) is 18.7. The first-order valence-electron chi connectivity index (χ1n) is 10.6. The lowest BCUT2D eigenvalue weighted by atomic mass is 9.98. The number of ether oxygens (including phenoxy) is 1. The molecular formula is C25H23Cl2N3O3. The first-order valence-corrected chi connectivity index (χ1v) is 11.4. The third-order valence-electron chi connectivity index (χ3n) is 6.35. The second-order valence-corrected chi connectivity index (χ2v) is 9.88. The van der Waals surface area contributed by atoms with E-state index in [4.69, 9.17) is 27.9 Å². The molecule has 1 atom stereocenters. The van der Waals surface area contributed by atoms with Crippen LogP contribution in [-0.4, -0.2) is 20.3 Å². The van der Waals surface area contributed by atoms with Gasteiger partial charge in [-0.2, -0.15) is 0 Å². The van der Waals surface area contributed by atoms with E-state index in [0.29, 0.717) is 38.8 Å². The first-order chi connectivity index (χ1) is 15.6. The molecular weight excluding hydrogens is 461 g/mol. The Bertz CT molecular complexity index is 1530. The summed E-state index contributed by atoms with van der Waals surface area (Å²) >= 11 is 12.8. The van der Waals surface area contributed by atoms with Gasteiger partial charge >= 0.3 is 5.69 Å². The summed E-state index contributed by atoms with van der Waals surface area (Å²) in [4.78, 5) is 26.6. The molecule has 2 aromatic carbocycles. The fraction of sp³-hybridized carbons (Fsp3) is 0.280. The van der Waals surface area contributed by atoms with Crippen LogP contribution in [0.3, 0.4) is 0 Å². The fourth-order valence-corrected chi connectivity index (χ4v) is 5.31. The van der Waals surface area contributed by atoms with E-state index in [9.17, 15) is 9.59 Å². The van der Waals surface area contributed by atoms with Gasteiger partial charge in [0.05, 0.1) is 39.5 Å². The molecule has 1 aliphatic rings. The number of fused-ring (bicyclic) bond motifs is 3. The van der Waals surface area contributed by atoms with Crippen LogP contribution < -0.4 is 11.2 Å². The molecule has 8 heteroatoms. The first kappa shape index (κ1) is 22.0. The lowest BCUT2D eigenvalue weighted by molar-refractivity contribution is -0.00707. The van der Waals surface area contributed by atoms with Crippen LogP contribution in [0, 0.1) is 0 Å². The van der Waals surface area contributed by atoms with Gasteiger partial charge < -0.3 is 9.30 Å². The van der Waals surface area contributed by atoms with Crippen molar-refractivity contribution in [3.63, 3.8) is 0 Å². The topological polar surface area (TPSA) is 58.2 Å². The molecule has 0 saturated heterocycles. The molecule has 0 aliphatic carbocycles. The van der Waals surface area contributed by atoms with Gasteiger partial charge in [0.1, 0.15) is 6.10 Å². The molecule has 6 nitrogen and oxygen atoms in total. The Kier molecular flexibility index (Phi) is 5.08. The lowest BCUT2D eigenvalue weighted by Gasteiger charge is -2.39. The molecule has 0 N–H and O–H groups in total. The maximum Gasteiger partial charge on any atom is 0.331 e. The predicted molar refractivity (Wildman–Crippen MR) is 131 cm³/mol. The van der Waals surface area contributed by atoms with Crippen molar-refractivity contribution in [1.29, 1.82) is 0 Å². The summed E-state index contributed by atoms with van der Waals surface area (Å²) < 4.78 is 11.2. The van der Waals surface area contributed by atoms with Crippen molar-refractivity contribution in [1.82, 2.24) is 13.7 Å². The largest absolute Gasteiger partial charge is 0.365 e. The zero-order valence-corrected chi connectivity index (χ0v) is 20.2. The molecule has 0 spiro atoms. The SMILES string of the molecule is Cn1c(=O)c2c(-c3ccc(Cl)cc3Cl)n3c(c2n(C)c1=O)C(c1ccccc1)OCC3(C)C. The van der Waals surface area contributed by atoms with Gasteiger partial charge in [0.15, 0.2) is 0 Å². The third-order valence-corrected chi connectivity index (χ3v) is 6.90. The molecule has 0 bridgehead atoms.